The molecule has 1 heterocycles. The quantitative estimate of drug-likeness (QED) is 0.588. The topological polar surface area (TPSA) is 90.9 Å². The molecule has 0 spiro atoms. The van der Waals surface area contributed by atoms with Crippen LogP contribution in [0.1, 0.15) is 11.3 Å². The maximum atomic E-state index is 11.6. The summed E-state index contributed by atoms with van der Waals surface area (Å²) < 4.78 is 5.26. The van der Waals surface area contributed by atoms with Gasteiger partial charge >= 0.3 is 0 Å². The summed E-state index contributed by atoms with van der Waals surface area (Å²) in [7, 11) is 0. The van der Waals surface area contributed by atoms with Crippen LogP contribution in [-0.4, -0.2) is 15.3 Å². The number of aryl methyl sites for hydroxylation is 2. The van der Waals surface area contributed by atoms with E-state index in [2.05, 4.69) is 0 Å². The number of hydrogen-bond donors (Lipinski definition) is 3. The van der Waals surface area contributed by atoms with Gasteiger partial charge in [0.2, 0.25) is 5.75 Å². The average molecular weight is 222 g/mol. The molecule has 0 fully saturated rings. The van der Waals surface area contributed by atoms with Crippen molar-refractivity contribution in [2.45, 2.75) is 13.8 Å². The van der Waals surface area contributed by atoms with Gasteiger partial charge in [-0.3, -0.25) is 4.79 Å². The SMILES string of the molecule is Cc1cc(=O)c2c(O)c(O)c(O)c(C)c2o1. The van der Waals surface area contributed by atoms with Crippen molar-refractivity contribution < 1.29 is 19.7 Å². The predicted octanol–water partition coefficient (Wildman–Crippen LogP) is 1.53. The number of phenolic OH excluding ortho intramolecular Hbond substituents is 3. The van der Waals surface area contributed by atoms with Crippen LogP contribution in [0.15, 0.2) is 15.3 Å². The summed E-state index contributed by atoms with van der Waals surface area (Å²) in [5.41, 5.74) is -0.168. The highest BCUT2D eigenvalue weighted by molar-refractivity contribution is 5.91. The molecular weight excluding hydrogens is 212 g/mol. The average Bonchev–Trinajstić information content (AvgIpc) is 2.22. The lowest BCUT2D eigenvalue weighted by atomic mass is 10.1. The Morgan fingerprint density at radius 1 is 1.06 bits per heavy atom. The van der Waals surface area contributed by atoms with Gasteiger partial charge < -0.3 is 19.7 Å². The molecule has 84 valence electrons. The highest BCUT2D eigenvalue weighted by Crippen LogP contribution is 2.42. The zero-order valence-electron chi connectivity index (χ0n) is 8.74. The van der Waals surface area contributed by atoms with Crippen molar-refractivity contribution in [3.8, 4) is 17.2 Å². The van der Waals surface area contributed by atoms with E-state index in [9.17, 15) is 20.1 Å². The van der Waals surface area contributed by atoms with E-state index >= 15 is 0 Å². The van der Waals surface area contributed by atoms with Gasteiger partial charge in [-0.1, -0.05) is 0 Å². The van der Waals surface area contributed by atoms with Crippen LogP contribution in [0.25, 0.3) is 11.0 Å². The molecule has 16 heavy (non-hydrogen) atoms. The van der Waals surface area contributed by atoms with Gasteiger partial charge in [0, 0.05) is 11.6 Å². The van der Waals surface area contributed by atoms with E-state index in [1.807, 2.05) is 0 Å². The molecule has 2 aromatic rings. The monoisotopic (exact) mass is 222 g/mol. The first-order valence-corrected chi connectivity index (χ1v) is 4.61. The first kappa shape index (κ1) is 10.4. The second-order valence-corrected chi connectivity index (χ2v) is 3.60. The standard InChI is InChI=1S/C11H10O5/c1-4-3-6(12)7-9(14)10(15)8(13)5(2)11(7)16-4/h3,13-15H,1-2H3. The molecular formula is C11H10O5. The fourth-order valence-corrected chi connectivity index (χ4v) is 1.61. The molecule has 5 nitrogen and oxygen atoms in total. The molecule has 0 saturated heterocycles. The van der Waals surface area contributed by atoms with Crippen LogP contribution in [0.2, 0.25) is 0 Å². The number of hydrogen-bond acceptors (Lipinski definition) is 5. The maximum absolute atomic E-state index is 11.6. The first-order valence-electron chi connectivity index (χ1n) is 4.61. The van der Waals surface area contributed by atoms with E-state index in [1.165, 1.54) is 13.0 Å². The highest BCUT2D eigenvalue weighted by Gasteiger charge is 2.19. The Morgan fingerprint density at radius 2 is 1.69 bits per heavy atom. The maximum Gasteiger partial charge on any atom is 0.201 e. The third-order valence-electron chi connectivity index (χ3n) is 2.45. The van der Waals surface area contributed by atoms with E-state index in [-0.39, 0.29) is 16.5 Å². The number of benzene rings is 1. The van der Waals surface area contributed by atoms with E-state index < -0.39 is 22.7 Å². The van der Waals surface area contributed by atoms with Crippen LogP contribution in [0.3, 0.4) is 0 Å². The lowest BCUT2D eigenvalue weighted by Gasteiger charge is -2.08. The fourth-order valence-electron chi connectivity index (χ4n) is 1.61. The van der Waals surface area contributed by atoms with Gasteiger partial charge in [-0.25, -0.2) is 0 Å². The lowest BCUT2D eigenvalue weighted by molar-refractivity contribution is 0.367. The molecule has 0 saturated carbocycles. The normalized spacial score (nSPS) is 10.9. The smallest absolute Gasteiger partial charge is 0.201 e. The van der Waals surface area contributed by atoms with Gasteiger partial charge in [0.25, 0.3) is 0 Å². The molecule has 0 atom stereocenters. The molecule has 0 unspecified atom stereocenters. The second kappa shape index (κ2) is 3.16. The van der Waals surface area contributed by atoms with Crippen LogP contribution >= 0.6 is 0 Å². The summed E-state index contributed by atoms with van der Waals surface area (Å²) in [5.74, 6) is -1.49. The largest absolute Gasteiger partial charge is 0.504 e. The Hall–Kier alpha value is -2.17. The summed E-state index contributed by atoms with van der Waals surface area (Å²) in [4.78, 5) is 11.6. The molecule has 5 heteroatoms. The van der Waals surface area contributed by atoms with Crippen molar-refractivity contribution in [2.24, 2.45) is 0 Å². The predicted molar refractivity (Wildman–Crippen MR) is 57.0 cm³/mol. The minimum Gasteiger partial charge on any atom is -0.504 e. The van der Waals surface area contributed by atoms with Gasteiger partial charge in [0.1, 0.15) is 16.7 Å². The Kier molecular flexibility index (Phi) is 2.05. The molecule has 0 amide bonds. The molecule has 0 aliphatic heterocycles. The first-order chi connectivity index (χ1) is 7.43. The van der Waals surface area contributed by atoms with Gasteiger partial charge in [-0.2, -0.15) is 0 Å². The molecule has 2 rings (SSSR count). The molecule has 0 bridgehead atoms. The minimum absolute atomic E-state index is 0.0813. The van der Waals surface area contributed by atoms with Crippen LogP contribution in [0.4, 0.5) is 0 Å². The van der Waals surface area contributed by atoms with Gasteiger partial charge in [0.15, 0.2) is 16.9 Å². The second-order valence-electron chi connectivity index (χ2n) is 3.60. The van der Waals surface area contributed by atoms with E-state index in [1.54, 1.807) is 6.92 Å². The summed E-state index contributed by atoms with van der Waals surface area (Å²) in [5, 5.41) is 28.3. The molecule has 0 radical (unpaired) electrons. The van der Waals surface area contributed by atoms with Gasteiger partial charge in [-0.05, 0) is 13.8 Å². The van der Waals surface area contributed by atoms with Crippen molar-refractivity contribution in [2.75, 3.05) is 0 Å². The third kappa shape index (κ3) is 1.21. The van der Waals surface area contributed by atoms with Gasteiger partial charge in [-0.15, -0.1) is 0 Å². The van der Waals surface area contributed by atoms with Crippen LogP contribution in [0, 0.1) is 13.8 Å². The molecule has 1 aromatic heterocycles. The Balaban J connectivity index is 3.15. The third-order valence-corrected chi connectivity index (χ3v) is 2.45. The van der Waals surface area contributed by atoms with Crippen molar-refractivity contribution in [1.82, 2.24) is 0 Å². The highest BCUT2D eigenvalue weighted by atomic mass is 16.3. The zero-order valence-corrected chi connectivity index (χ0v) is 8.74. The van der Waals surface area contributed by atoms with Gasteiger partial charge in [0.05, 0.1) is 0 Å². The van der Waals surface area contributed by atoms with E-state index in [0.717, 1.165) is 0 Å². The Labute approximate surface area is 90.2 Å². The van der Waals surface area contributed by atoms with Crippen molar-refractivity contribution in [1.29, 1.82) is 0 Å². The Bertz CT molecular complexity index is 639. The number of rotatable bonds is 0. The zero-order chi connectivity index (χ0) is 12.0. The minimum atomic E-state index is -0.707. The number of phenols is 3. The van der Waals surface area contributed by atoms with Crippen molar-refractivity contribution in [3.05, 3.63) is 27.6 Å². The number of fused-ring (bicyclic) bond motifs is 1. The summed E-state index contributed by atoms with van der Waals surface area (Å²) >= 11 is 0. The van der Waals surface area contributed by atoms with Crippen molar-refractivity contribution in [3.63, 3.8) is 0 Å². The summed E-state index contributed by atoms with van der Waals surface area (Å²) in [6.07, 6.45) is 0. The fraction of sp³-hybridized carbons (Fsp3) is 0.182. The summed E-state index contributed by atoms with van der Waals surface area (Å²) in [6.45, 7) is 3.07. The van der Waals surface area contributed by atoms with Crippen LogP contribution in [-0.2, 0) is 0 Å². The van der Waals surface area contributed by atoms with Crippen LogP contribution in [0.5, 0.6) is 17.2 Å². The van der Waals surface area contributed by atoms with E-state index in [4.69, 9.17) is 4.42 Å². The number of aromatic hydroxyl groups is 3. The molecule has 0 aliphatic carbocycles. The van der Waals surface area contributed by atoms with Crippen molar-refractivity contribution >= 4 is 11.0 Å². The summed E-state index contributed by atoms with van der Waals surface area (Å²) in [6, 6.07) is 1.21. The molecule has 0 aliphatic rings. The van der Waals surface area contributed by atoms with E-state index in [0.29, 0.717) is 5.76 Å². The van der Waals surface area contributed by atoms with Crippen LogP contribution < -0.4 is 5.43 Å². The molecule has 1 aromatic carbocycles. The lowest BCUT2D eigenvalue weighted by Crippen LogP contribution is -2.02. The molecule has 3 N–H and O–H groups in total. The Morgan fingerprint density at radius 3 is 2.31 bits per heavy atom.